The quantitative estimate of drug-likeness (QED) is 0.718. The molecule has 0 nitrogen and oxygen atoms in total. The molecule has 0 saturated carbocycles. The van der Waals surface area contributed by atoms with Crippen molar-refractivity contribution in [2.75, 3.05) is 0 Å². The lowest BCUT2D eigenvalue weighted by atomic mass is 10.0. The zero-order chi connectivity index (χ0) is 10.7. The smallest absolute Gasteiger partial charge is 0.0229 e. The van der Waals surface area contributed by atoms with E-state index in [2.05, 4.69) is 54.9 Å². The number of hydrogen-bond acceptors (Lipinski definition) is 2. The Balaban J connectivity index is 2.28. The first kappa shape index (κ1) is 10.8. The maximum atomic E-state index is 2.24. The minimum Gasteiger partial charge on any atom is -0.151 e. The molecular weight excluding hydrogens is 220 g/mol. The number of thiophene rings is 1. The lowest BCUT2D eigenvalue weighted by molar-refractivity contribution is 0.842. The van der Waals surface area contributed by atoms with E-state index in [1.54, 1.807) is 11.3 Å². The summed E-state index contributed by atoms with van der Waals surface area (Å²) in [5.41, 5.74) is 1.44. The number of benzene rings is 1. The van der Waals surface area contributed by atoms with Gasteiger partial charge >= 0.3 is 0 Å². The van der Waals surface area contributed by atoms with Crippen molar-refractivity contribution >= 4 is 23.1 Å². The Morgan fingerprint density at radius 3 is 2.60 bits per heavy atom. The van der Waals surface area contributed by atoms with E-state index in [9.17, 15) is 0 Å². The fourth-order valence-corrected chi connectivity index (χ4v) is 3.41. The van der Waals surface area contributed by atoms with Gasteiger partial charge in [-0.15, -0.1) is 0 Å². The summed E-state index contributed by atoms with van der Waals surface area (Å²) in [6.07, 6.45) is 0. The summed E-state index contributed by atoms with van der Waals surface area (Å²) in [6, 6.07) is 10.8. The third kappa shape index (κ3) is 2.64. The van der Waals surface area contributed by atoms with E-state index in [4.69, 9.17) is 0 Å². The van der Waals surface area contributed by atoms with Crippen molar-refractivity contribution in [3.8, 4) is 0 Å². The maximum absolute atomic E-state index is 2.24. The third-order valence-electron chi connectivity index (χ3n) is 2.26. The fourth-order valence-electron chi connectivity index (χ4n) is 1.49. The zero-order valence-corrected chi connectivity index (χ0v) is 10.6. The van der Waals surface area contributed by atoms with E-state index in [-0.39, 0.29) is 0 Å². The van der Waals surface area contributed by atoms with Gasteiger partial charge in [0.15, 0.2) is 0 Å². The molecule has 0 aliphatic rings. The van der Waals surface area contributed by atoms with Crippen LogP contribution in [0.4, 0.5) is 0 Å². The molecule has 15 heavy (non-hydrogen) atoms. The van der Waals surface area contributed by atoms with E-state index < -0.39 is 0 Å². The van der Waals surface area contributed by atoms with Crippen molar-refractivity contribution in [2.45, 2.75) is 29.6 Å². The van der Waals surface area contributed by atoms with Crippen LogP contribution in [0.3, 0.4) is 0 Å². The van der Waals surface area contributed by atoms with Crippen LogP contribution in [0.1, 0.15) is 25.3 Å². The standard InChI is InChI=1S/C13H14S2/c1-10(2)12-5-3-4-6-13(12)15-11-7-8-14-9-11/h3-10H,1-2H3. The molecule has 0 aliphatic heterocycles. The van der Waals surface area contributed by atoms with Crippen molar-refractivity contribution in [2.24, 2.45) is 0 Å². The van der Waals surface area contributed by atoms with Crippen molar-refractivity contribution in [3.63, 3.8) is 0 Å². The topological polar surface area (TPSA) is 0 Å². The Bertz CT molecular complexity index is 416. The van der Waals surface area contributed by atoms with E-state index in [0.29, 0.717) is 5.92 Å². The second-order valence-corrected chi connectivity index (χ2v) is 5.65. The van der Waals surface area contributed by atoms with Crippen molar-refractivity contribution in [1.82, 2.24) is 0 Å². The summed E-state index contributed by atoms with van der Waals surface area (Å²) in [7, 11) is 0. The van der Waals surface area contributed by atoms with Crippen molar-refractivity contribution in [1.29, 1.82) is 0 Å². The summed E-state index contributed by atoms with van der Waals surface area (Å²) in [6.45, 7) is 4.49. The highest BCUT2D eigenvalue weighted by Crippen LogP contribution is 2.34. The Morgan fingerprint density at radius 1 is 1.13 bits per heavy atom. The minimum absolute atomic E-state index is 0.590. The summed E-state index contributed by atoms with van der Waals surface area (Å²) in [5, 5.41) is 4.32. The molecule has 0 unspecified atom stereocenters. The number of hydrogen-bond donors (Lipinski definition) is 0. The molecule has 2 aromatic rings. The Morgan fingerprint density at radius 2 is 1.93 bits per heavy atom. The summed E-state index contributed by atoms with van der Waals surface area (Å²) < 4.78 is 0. The molecule has 2 rings (SSSR count). The number of rotatable bonds is 3. The van der Waals surface area contributed by atoms with Gasteiger partial charge in [-0.2, -0.15) is 11.3 Å². The molecule has 0 amide bonds. The predicted octanol–water partition coefficient (Wildman–Crippen LogP) is 5.02. The van der Waals surface area contributed by atoms with Gasteiger partial charge in [-0.3, -0.25) is 0 Å². The van der Waals surface area contributed by atoms with Crippen LogP contribution < -0.4 is 0 Å². The monoisotopic (exact) mass is 234 g/mol. The van der Waals surface area contributed by atoms with Gasteiger partial charge in [-0.25, -0.2) is 0 Å². The van der Waals surface area contributed by atoms with Gasteiger partial charge in [0.05, 0.1) is 0 Å². The van der Waals surface area contributed by atoms with Gasteiger partial charge in [0, 0.05) is 15.2 Å². The van der Waals surface area contributed by atoms with Crippen LogP contribution in [0.15, 0.2) is 50.9 Å². The van der Waals surface area contributed by atoms with E-state index in [0.717, 1.165) is 0 Å². The molecule has 1 heterocycles. The van der Waals surface area contributed by atoms with Gasteiger partial charge in [0.2, 0.25) is 0 Å². The SMILES string of the molecule is CC(C)c1ccccc1Sc1ccsc1. The predicted molar refractivity (Wildman–Crippen MR) is 69.0 cm³/mol. The molecule has 1 aromatic carbocycles. The Labute approximate surface area is 99.3 Å². The summed E-state index contributed by atoms with van der Waals surface area (Å²) in [5.74, 6) is 0.590. The molecule has 0 bridgehead atoms. The van der Waals surface area contributed by atoms with Gasteiger partial charge in [0.25, 0.3) is 0 Å². The van der Waals surface area contributed by atoms with Crippen LogP contribution in [0.2, 0.25) is 0 Å². The van der Waals surface area contributed by atoms with Gasteiger partial charge < -0.3 is 0 Å². The van der Waals surface area contributed by atoms with Crippen molar-refractivity contribution in [3.05, 3.63) is 46.7 Å². The zero-order valence-electron chi connectivity index (χ0n) is 8.94. The summed E-state index contributed by atoms with van der Waals surface area (Å²) >= 11 is 3.61. The lowest BCUT2D eigenvalue weighted by Gasteiger charge is -2.10. The lowest BCUT2D eigenvalue weighted by Crippen LogP contribution is -1.89. The average molecular weight is 234 g/mol. The highest BCUT2D eigenvalue weighted by Gasteiger charge is 2.06. The molecule has 0 N–H and O–H groups in total. The molecule has 0 fully saturated rings. The second-order valence-electron chi connectivity index (χ2n) is 3.75. The molecule has 1 aromatic heterocycles. The average Bonchev–Trinajstić information content (AvgIpc) is 2.71. The largest absolute Gasteiger partial charge is 0.151 e. The van der Waals surface area contributed by atoms with Gasteiger partial charge in [0.1, 0.15) is 0 Å². The molecule has 0 saturated heterocycles. The highest BCUT2D eigenvalue weighted by molar-refractivity contribution is 7.99. The first-order valence-electron chi connectivity index (χ1n) is 5.06. The molecule has 0 radical (unpaired) electrons. The summed E-state index contributed by atoms with van der Waals surface area (Å²) in [4.78, 5) is 2.72. The first-order valence-corrected chi connectivity index (χ1v) is 6.82. The van der Waals surface area contributed by atoms with Crippen LogP contribution in [0, 0.1) is 0 Å². The minimum atomic E-state index is 0.590. The van der Waals surface area contributed by atoms with E-state index >= 15 is 0 Å². The highest BCUT2D eigenvalue weighted by atomic mass is 32.2. The van der Waals surface area contributed by atoms with Crippen LogP contribution in [0.5, 0.6) is 0 Å². The third-order valence-corrected chi connectivity index (χ3v) is 4.18. The molecule has 78 valence electrons. The second kappa shape index (κ2) is 4.86. The van der Waals surface area contributed by atoms with Gasteiger partial charge in [-0.05, 0) is 29.0 Å². The molecular formula is C13H14S2. The van der Waals surface area contributed by atoms with E-state index in [1.165, 1.54) is 15.4 Å². The first-order chi connectivity index (χ1) is 7.27. The van der Waals surface area contributed by atoms with Crippen LogP contribution >= 0.6 is 23.1 Å². The van der Waals surface area contributed by atoms with Crippen LogP contribution in [-0.4, -0.2) is 0 Å². The maximum Gasteiger partial charge on any atom is 0.0229 e. The van der Waals surface area contributed by atoms with Crippen LogP contribution in [0.25, 0.3) is 0 Å². The molecule has 0 atom stereocenters. The molecule has 0 aliphatic carbocycles. The Hall–Kier alpha value is -0.730. The molecule has 0 spiro atoms. The van der Waals surface area contributed by atoms with Gasteiger partial charge in [-0.1, -0.05) is 43.8 Å². The van der Waals surface area contributed by atoms with Crippen LogP contribution in [-0.2, 0) is 0 Å². The van der Waals surface area contributed by atoms with Crippen molar-refractivity contribution < 1.29 is 0 Å². The normalized spacial score (nSPS) is 10.9. The van der Waals surface area contributed by atoms with E-state index in [1.807, 2.05) is 11.8 Å². The fraction of sp³-hybridized carbons (Fsp3) is 0.231. The molecule has 2 heteroatoms. The Kier molecular flexibility index (Phi) is 3.49.